The second kappa shape index (κ2) is 6.03. The fourth-order valence-corrected chi connectivity index (χ4v) is 1.93. The molecule has 1 fully saturated rings. The van der Waals surface area contributed by atoms with Gasteiger partial charge in [0.2, 0.25) is 0 Å². The summed E-state index contributed by atoms with van der Waals surface area (Å²) in [7, 11) is 0. The van der Waals surface area contributed by atoms with Gasteiger partial charge in [-0.1, -0.05) is 12.1 Å². The molecular formula is C14H21NO2. The van der Waals surface area contributed by atoms with Crippen LogP contribution in [0.2, 0.25) is 0 Å². The highest BCUT2D eigenvalue weighted by atomic mass is 16.5. The Morgan fingerprint density at radius 2 is 2.18 bits per heavy atom. The minimum Gasteiger partial charge on any atom is -0.488 e. The predicted octanol–water partition coefficient (Wildman–Crippen LogP) is 2.13. The summed E-state index contributed by atoms with van der Waals surface area (Å²) in [4.78, 5) is 0. The van der Waals surface area contributed by atoms with Gasteiger partial charge in [-0.3, -0.25) is 0 Å². The van der Waals surface area contributed by atoms with Gasteiger partial charge in [0, 0.05) is 12.5 Å². The third kappa shape index (κ3) is 4.02. The fourth-order valence-electron chi connectivity index (χ4n) is 1.93. The zero-order valence-electron chi connectivity index (χ0n) is 10.4. The van der Waals surface area contributed by atoms with Crippen molar-refractivity contribution >= 4 is 0 Å². The van der Waals surface area contributed by atoms with E-state index in [-0.39, 0.29) is 12.1 Å². The maximum atomic E-state index is 5.81. The van der Waals surface area contributed by atoms with Crippen molar-refractivity contribution in [1.82, 2.24) is 0 Å². The van der Waals surface area contributed by atoms with Crippen LogP contribution in [0.5, 0.6) is 5.75 Å². The van der Waals surface area contributed by atoms with Gasteiger partial charge in [-0.25, -0.2) is 0 Å². The molecule has 0 spiro atoms. The Hall–Kier alpha value is -1.06. The third-order valence-corrected chi connectivity index (χ3v) is 3.00. The first kappa shape index (κ1) is 12.4. The minimum absolute atomic E-state index is 0.227. The van der Waals surface area contributed by atoms with Crippen molar-refractivity contribution in [3.8, 4) is 5.75 Å². The van der Waals surface area contributed by atoms with E-state index >= 15 is 0 Å². The molecule has 1 aromatic carbocycles. The molecule has 2 unspecified atom stereocenters. The third-order valence-electron chi connectivity index (χ3n) is 3.00. The molecule has 0 aromatic heterocycles. The van der Waals surface area contributed by atoms with Crippen molar-refractivity contribution in [3.63, 3.8) is 0 Å². The van der Waals surface area contributed by atoms with E-state index in [1.54, 1.807) is 0 Å². The monoisotopic (exact) mass is 235 g/mol. The fraction of sp³-hybridized carbons (Fsp3) is 0.571. The molecular weight excluding hydrogens is 214 g/mol. The van der Waals surface area contributed by atoms with E-state index in [9.17, 15) is 0 Å². The van der Waals surface area contributed by atoms with Crippen LogP contribution in [0, 0.1) is 0 Å². The number of aryl methyl sites for hydroxylation is 1. The van der Waals surface area contributed by atoms with Gasteiger partial charge >= 0.3 is 0 Å². The first-order chi connectivity index (χ1) is 8.24. The smallest absolute Gasteiger partial charge is 0.124 e. The Morgan fingerprint density at radius 1 is 1.41 bits per heavy atom. The van der Waals surface area contributed by atoms with E-state index in [4.69, 9.17) is 15.2 Å². The number of benzene rings is 1. The van der Waals surface area contributed by atoms with Gasteiger partial charge in [0.1, 0.15) is 11.9 Å². The molecule has 3 heteroatoms. The lowest BCUT2D eigenvalue weighted by molar-refractivity contribution is 0.141. The normalized spacial score (nSPS) is 21.4. The maximum absolute atomic E-state index is 5.81. The van der Waals surface area contributed by atoms with Gasteiger partial charge in [-0.2, -0.15) is 0 Å². The number of hydrogen-bond donors (Lipinski definition) is 1. The van der Waals surface area contributed by atoms with Crippen LogP contribution in [0.25, 0.3) is 0 Å². The summed E-state index contributed by atoms with van der Waals surface area (Å²) in [6, 6.07) is 8.58. The van der Waals surface area contributed by atoms with Crippen LogP contribution >= 0.6 is 0 Å². The summed E-state index contributed by atoms with van der Waals surface area (Å²) in [5.74, 6) is 0.935. The lowest BCUT2D eigenvalue weighted by Gasteiger charge is -2.12. The lowest BCUT2D eigenvalue weighted by atomic mass is 10.1. The average molecular weight is 235 g/mol. The summed E-state index contributed by atoms with van der Waals surface area (Å²) in [6.45, 7) is 3.57. The summed E-state index contributed by atoms with van der Waals surface area (Å²) >= 11 is 0. The molecule has 17 heavy (non-hydrogen) atoms. The first-order valence-corrected chi connectivity index (χ1v) is 6.33. The number of hydrogen-bond acceptors (Lipinski definition) is 3. The van der Waals surface area contributed by atoms with Crippen LogP contribution in [-0.4, -0.2) is 25.4 Å². The summed E-state index contributed by atoms with van der Waals surface area (Å²) in [5.41, 5.74) is 7.06. The molecule has 2 rings (SSSR count). The molecule has 2 N–H and O–H groups in total. The van der Waals surface area contributed by atoms with E-state index in [2.05, 4.69) is 12.1 Å². The molecule has 3 nitrogen and oxygen atoms in total. The van der Waals surface area contributed by atoms with Gasteiger partial charge in [0.15, 0.2) is 0 Å². The number of rotatable bonds is 5. The second-order valence-corrected chi connectivity index (χ2v) is 4.76. The second-order valence-electron chi connectivity index (χ2n) is 4.76. The van der Waals surface area contributed by atoms with Crippen LogP contribution in [0.1, 0.15) is 25.3 Å². The van der Waals surface area contributed by atoms with Crippen LogP contribution in [-0.2, 0) is 11.2 Å². The molecule has 0 bridgehead atoms. The van der Waals surface area contributed by atoms with Gasteiger partial charge < -0.3 is 15.2 Å². The summed E-state index contributed by atoms with van der Waals surface area (Å²) in [5, 5.41) is 0. The quantitative estimate of drug-likeness (QED) is 0.850. The molecule has 1 aliphatic rings. The van der Waals surface area contributed by atoms with Crippen molar-refractivity contribution in [2.24, 2.45) is 5.73 Å². The predicted molar refractivity (Wildman–Crippen MR) is 68.3 cm³/mol. The van der Waals surface area contributed by atoms with Gasteiger partial charge in [-0.15, -0.1) is 0 Å². The van der Waals surface area contributed by atoms with Crippen molar-refractivity contribution < 1.29 is 9.47 Å². The summed E-state index contributed by atoms with van der Waals surface area (Å²) < 4.78 is 11.1. The van der Waals surface area contributed by atoms with E-state index in [1.807, 2.05) is 19.1 Å². The highest BCUT2D eigenvalue weighted by Crippen LogP contribution is 2.18. The Balaban J connectivity index is 1.84. The summed E-state index contributed by atoms with van der Waals surface area (Å²) in [6.07, 6.45) is 3.28. The molecule has 94 valence electrons. The zero-order valence-corrected chi connectivity index (χ0v) is 10.4. The van der Waals surface area contributed by atoms with Crippen molar-refractivity contribution in [2.45, 2.75) is 38.3 Å². The number of nitrogens with two attached hydrogens (primary N) is 1. The van der Waals surface area contributed by atoms with Crippen molar-refractivity contribution in [3.05, 3.63) is 29.8 Å². The van der Waals surface area contributed by atoms with E-state index in [0.29, 0.717) is 6.61 Å². The van der Waals surface area contributed by atoms with Gasteiger partial charge in [0.05, 0.1) is 13.2 Å². The molecule has 1 saturated heterocycles. The molecule has 0 saturated carbocycles. The highest BCUT2D eigenvalue weighted by Gasteiger charge is 2.16. The van der Waals surface area contributed by atoms with Crippen molar-refractivity contribution in [2.75, 3.05) is 13.2 Å². The Morgan fingerprint density at radius 3 is 2.76 bits per heavy atom. The van der Waals surface area contributed by atoms with Crippen LogP contribution < -0.4 is 10.5 Å². The molecule has 1 heterocycles. The lowest BCUT2D eigenvalue weighted by Crippen LogP contribution is -2.16. The van der Waals surface area contributed by atoms with Crippen LogP contribution in [0.4, 0.5) is 0 Å². The molecule has 0 radical (unpaired) electrons. The molecule has 0 amide bonds. The molecule has 0 aliphatic carbocycles. The topological polar surface area (TPSA) is 44.5 Å². The highest BCUT2D eigenvalue weighted by molar-refractivity contribution is 5.27. The van der Waals surface area contributed by atoms with E-state index < -0.39 is 0 Å². The largest absolute Gasteiger partial charge is 0.488 e. The Bertz CT molecular complexity index is 329. The number of ether oxygens (including phenoxy) is 2. The maximum Gasteiger partial charge on any atom is 0.124 e. The standard InChI is InChI=1S/C14H21NO2/c1-11(15)2-3-12-4-6-13(7-5-12)17-14-8-9-16-10-14/h4-7,11,14H,2-3,8-10,15H2,1H3. The van der Waals surface area contributed by atoms with Crippen LogP contribution in [0.15, 0.2) is 24.3 Å². The van der Waals surface area contributed by atoms with E-state index in [1.165, 1.54) is 5.56 Å². The first-order valence-electron chi connectivity index (χ1n) is 6.33. The molecule has 1 aliphatic heterocycles. The van der Waals surface area contributed by atoms with Crippen molar-refractivity contribution in [1.29, 1.82) is 0 Å². The SMILES string of the molecule is CC(N)CCc1ccc(OC2CCOC2)cc1. The zero-order chi connectivity index (χ0) is 12.1. The van der Waals surface area contributed by atoms with Gasteiger partial charge in [-0.05, 0) is 37.5 Å². The Kier molecular flexibility index (Phi) is 4.40. The molecule has 2 atom stereocenters. The average Bonchev–Trinajstić information content (AvgIpc) is 2.81. The molecule has 1 aromatic rings. The van der Waals surface area contributed by atoms with E-state index in [0.717, 1.165) is 31.6 Å². The van der Waals surface area contributed by atoms with Gasteiger partial charge in [0.25, 0.3) is 0 Å². The van der Waals surface area contributed by atoms with Crippen LogP contribution in [0.3, 0.4) is 0 Å². The Labute approximate surface area is 103 Å². The minimum atomic E-state index is 0.227.